The number of hydrogen-bond donors (Lipinski definition) is 1. The molecule has 1 rings (SSSR count). The van der Waals surface area contributed by atoms with Gasteiger partial charge in [-0.2, -0.15) is 0 Å². The molecule has 1 aromatic carbocycles. The number of hydrogen-bond acceptors (Lipinski definition) is 2. The minimum Gasteiger partial charge on any atom is -0.399 e. The fourth-order valence-corrected chi connectivity index (χ4v) is 2.26. The van der Waals surface area contributed by atoms with Crippen molar-refractivity contribution in [1.82, 2.24) is 0 Å². The zero-order chi connectivity index (χ0) is 10.7. The molecule has 0 aliphatic heterocycles. The predicted octanol–water partition coefficient (Wildman–Crippen LogP) is 4.06. The summed E-state index contributed by atoms with van der Waals surface area (Å²) in [7, 11) is 0. The summed E-state index contributed by atoms with van der Waals surface area (Å²) in [5, 5.41) is 1.34. The van der Waals surface area contributed by atoms with Crippen molar-refractivity contribution in [2.45, 2.75) is 30.9 Å². The van der Waals surface area contributed by atoms with Crippen LogP contribution in [0.1, 0.15) is 20.8 Å². The van der Waals surface area contributed by atoms with Gasteiger partial charge in [0.15, 0.2) is 0 Å². The first kappa shape index (κ1) is 11.7. The van der Waals surface area contributed by atoms with Crippen molar-refractivity contribution in [2.75, 3.05) is 5.73 Å². The number of halogens is 1. The maximum absolute atomic E-state index is 6.07. The van der Waals surface area contributed by atoms with Gasteiger partial charge in [0.2, 0.25) is 0 Å². The third-order valence-electron chi connectivity index (χ3n) is 2.21. The van der Waals surface area contributed by atoms with E-state index >= 15 is 0 Å². The Kier molecular flexibility index (Phi) is 4.14. The van der Waals surface area contributed by atoms with Gasteiger partial charge in [0.25, 0.3) is 0 Å². The highest BCUT2D eigenvalue weighted by atomic mass is 35.5. The second-order valence-electron chi connectivity index (χ2n) is 3.76. The molecule has 1 nitrogen and oxygen atoms in total. The van der Waals surface area contributed by atoms with Gasteiger partial charge in [-0.25, -0.2) is 0 Å². The molecule has 0 saturated carbocycles. The molecule has 14 heavy (non-hydrogen) atoms. The smallest absolute Gasteiger partial charge is 0.0543 e. The molecule has 0 fully saturated rings. The van der Waals surface area contributed by atoms with Gasteiger partial charge in [-0.05, 0) is 24.1 Å². The molecule has 0 spiro atoms. The first-order chi connectivity index (χ1) is 6.50. The molecule has 0 bridgehead atoms. The Morgan fingerprint density at radius 1 is 1.29 bits per heavy atom. The Hall–Kier alpha value is -0.340. The van der Waals surface area contributed by atoms with Crippen LogP contribution in [0.25, 0.3) is 0 Å². The number of benzene rings is 1. The van der Waals surface area contributed by atoms with Crippen molar-refractivity contribution in [3.8, 4) is 0 Å². The zero-order valence-corrected chi connectivity index (χ0v) is 10.3. The normalized spacial score (nSPS) is 13.2. The van der Waals surface area contributed by atoms with Crippen LogP contribution in [0.15, 0.2) is 23.1 Å². The lowest BCUT2D eigenvalue weighted by atomic mass is 10.2. The van der Waals surface area contributed by atoms with E-state index < -0.39 is 0 Å². The van der Waals surface area contributed by atoms with Gasteiger partial charge in [0.05, 0.1) is 5.02 Å². The summed E-state index contributed by atoms with van der Waals surface area (Å²) in [5.41, 5.74) is 6.48. The van der Waals surface area contributed by atoms with Crippen molar-refractivity contribution >= 4 is 29.1 Å². The molecule has 2 N–H and O–H groups in total. The van der Waals surface area contributed by atoms with Crippen molar-refractivity contribution in [2.24, 2.45) is 5.92 Å². The highest BCUT2D eigenvalue weighted by molar-refractivity contribution is 8.00. The highest BCUT2D eigenvalue weighted by Crippen LogP contribution is 2.34. The van der Waals surface area contributed by atoms with Crippen LogP contribution >= 0.6 is 23.4 Å². The number of thioether (sulfide) groups is 1. The van der Waals surface area contributed by atoms with Crippen LogP contribution in [0, 0.1) is 5.92 Å². The quantitative estimate of drug-likeness (QED) is 0.625. The van der Waals surface area contributed by atoms with E-state index in [1.165, 1.54) is 0 Å². The van der Waals surface area contributed by atoms with Crippen LogP contribution in [0.4, 0.5) is 5.69 Å². The molecule has 1 unspecified atom stereocenters. The molecule has 0 amide bonds. The molecule has 1 aromatic rings. The lowest BCUT2D eigenvalue weighted by Crippen LogP contribution is -2.05. The average Bonchev–Trinajstić information content (AvgIpc) is 2.11. The van der Waals surface area contributed by atoms with Gasteiger partial charge >= 0.3 is 0 Å². The van der Waals surface area contributed by atoms with Crippen molar-refractivity contribution in [3.05, 3.63) is 23.2 Å². The molecular formula is C11H16ClNS. The van der Waals surface area contributed by atoms with Crippen LogP contribution in [0.3, 0.4) is 0 Å². The Balaban J connectivity index is 2.80. The van der Waals surface area contributed by atoms with Gasteiger partial charge in [0.1, 0.15) is 0 Å². The molecule has 0 heterocycles. The minimum absolute atomic E-state index is 0.550. The lowest BCUT2D eigenvalue weighted by molar-refractivity contribution is 0.642. The third kappa shape index (κ3) is 3.10. The summed E-state index contributed by atoms with van der Waals surface area (Å²) in [6.45, 7) is 6.62. The van der Waals surface area contributed by atoms with E-state index in [0.717, 1.165) is 15.6 Å². The van der Waals surface area contributed by atoms with Gasteiger partial charge < -0.3 is 5.73 Å². The van der Waals surface area contributed by atoms with Gasteiger partial charge in [0, 0.05) is 15.8 Å². The van der Waals surface area contributed by atoms with Crippen LogP contribution < -0.4 is 5.73 Å². The summed E-state index contributed by atoms with van der Waals surface area (Å²) >= 11 is 7.85. The Morgan fingerprint density at radius 2 is 1.93 bits per heavy atom. The second-order valence-corrected chi connectivity index (χ2v) is 5.58. The summed E-state index contributed by atoms with van der Waals surface area (Å²) < 4.78 is 0. The van der Waals surface area contributed by atoms with Crippen LogP contribution in [-0.2, 0) is 0 Å². The molecule has 0 aliphatic rings. The van der Waals surface area contributed by atoms with Crippen LogP contribution in [0.2, 0.25) is 5.02 Å². The molecule has 0 aromatic heterocycles. The van der Waals surface area contributed by atoms with Crippen LogP contribution in [-0.4, -0.2) is 5.25 Å². The molecule has 1 atom stereocenters. The molecule has 78 valence electrons. The minimum atomic E-state index is 0.550. The maximum Gasteiger partial charge on any atom is 0.0543 e. The number of anilines is 1. The summed E-state index contributed by atoms with van der Waals surface area (Å²) in [6.07, 6.45) is 0. The number of nitrogen functional groups attached to an aromatic ring is 1. The Labute approximate surface area is 95.0 Å². The SMILES string of the molecule is CC(C)C(C)Sc1cc(N)ccc1Cl. The topological polar surface area (TPSA) is 26.0 Å². The Bertz CT molecular complexity index is 312. The van der Waals surface area contributed by atoms with Crippen molar-refractivity contribution < 1.29 is 0 Å². The molecule has 0 radical (unpaired) electrons. The number of rotatable bonds is 3. The van der Waals surface area contributed by atoms with E-state index in [4.69, 9.17) is 17.3 Å². The zero-order valence-electron chi connectivity index (χ0n) is 8.75. The Morgan fingerprint density at radius 3 is 2.50 bits per heavy atom. The van der Waals surface area contributed by atoms with E-state index in [9.17, 15) is 0 Å². The average molecular weight is 230 g/mol. The fraction of sp³-hybridized carbons (Fsp3) is 0.455. The first-order valence-corrected chi connectivity index (χ1v) is 5.98. The van der Waals surface area contributed by atoms with E-state index in [-0.39, 0.29) is 0 Å². The van der Waals surface area contributed by atoms with Crippen LogP contribution in [0.5, 0.6) is 0 Å². The first-order valence-electron chi connectivity index (χ1n) is 4.72. The molecule has 0 aliphatic carbocycles. The third-order valence-corrected chi connectivity index (χ3v) is 4.16. The maximum atomic E-state index is 6.07. The fourth-order valence-electron chi connectivity index (χ4n) is 0.947. The van der Waals surface area contributed by atoms with Gasteiger partial charge in [-0.1, -0.05) is 32.4 Å². The van der Waals surface area contributed by atoms with E-state index in [1.807, 2.05) is 18.2 Å². The van der Waals surface area contributed by atoms with E-state index in [2.05, 4.69) is 20.8 Å². The van der Waals surface area contributed by atoms with Gasteiger partial charge in [-0.3, -0.25) is 0 Å². The largest absolute Gasteiger partial charge is 0.399 e. The monoisotopic (exact) mass is 229 g/mol. The summed E-state index contributed by atoms with van der Waals surface area (Å²) in [6, 6.07) is 5.62. The van der Waals surface area contributed by atoms with E-state index in [1.54, 1.807) is 11.8 Å². The summed E-state index contributed by atoms with van der Waals surface area (Å²) in [5.74, 6) is 0.637. The molecular weight excluding hydrogens is 214 g/mol. The highest BCUT2D eigenvalue weighted by Gasteiger charge is 2.11. The summed E-state index contributed by atoms with van der Waals surface area (Å²) in [4.78, 5) is 1.08. The molecule has 3 heteroatoms. The van der Waals surface area contributed by atoms with E-state index in [0.29, 0.717) is 11.2 Å². The standard InChI is InChI=1S/C11H16ClNS/c1-7(2)8(3)14-11-6-9(13)4-5-10(11)12/h4-8H,13H2,1-3H3. The number of nitrogens with two attached hydrogens (primary N) is 1. The lowest BCUT2D eigenvalue weighted by Gasteiger charge is -2.15. The second kappa shape index (κ2) is 4.94. The van der Waals surface area contributed by atoms with Crippen molar-refractivity contribution in [1.29, 1.82) is 0 Å². The predicted molar refractivity (Wildman–Crippen MR) is 66.0 cm³/mol. The van der Waals surface area contributed by atoms with Gasteiger partial charge in [-0.15, -0.1) is 11.8 Å². The van der Waals surface area contributed by atoms with Crippen molar-refractivity contribution in [3.63, 3.8) is 0 Å². The molecule has 0 saturated heterocycles.